The number of esters is 1. The largest absolute Gasteiger partial charge is 0.465 e. The molecule has 3 rings (SSSR count). The molecule has 0 radical (unpaired) electrons. The third-order valence-corrected chi connectivity index (χ3v) is 4.38. The molecule has 0 aliphatic carbocycles. The van der Waals surface area contributed by atoms with E-state index < -0.39 is 11.5 Å². The number of rotatable bonds is 5. The predicted molar refractivity (Wildman–Crippen MR) is 105 cm³/mol. The molecule has 0 aliphatic heterocycles. The monoisotopic (exact) mass is 381 g/mol. The van der Waals surface area contributed by atoms with Gasteiger partial charge in [0.2, 0.25) is 5.91 Å². The van der Waals surface area contributed by atoms with Crippen molar-refractivity contribution in [3.05, 3.63) is 74.3 Å². The fourth-order valence-electron chi connectivity index (χ4n) is 2.83. The van der Waals surface area contributed by atoms with Crippen molar-refractivity contribution in [3.8, 4) is 0 Å². The topological polar surface area (TPSA) is 110 Å². The number of aromatic nitrogens is 2. The Labute approximate surface area is 159 Å². The molecule has 144 valence electrons. The number of hydrogen-bond donors (Lipinski definition) is 2. The Morgan fingerprint density at radius 2 is 1.82 bits per heavy atom. The highest BCUT2D eigenvalue weighted by Gasteiger charge is 2.12. The number of methoxy groups -OCH3 is 1. The van der Waals surface area contributed by atoms with E-state index >= 15 is 0 Å². The summed E-state index contributed by atoms with van der Waals surface area (Å²) in [5.74, 6) is -0.859. The van der Waals surface area contributed by atoms with Gasteiger partial charge >= 0.3 is 5.97 Å². The van der Waals surface area contributed by atoms with Crippen LogP contribution in [0.2, 0.25) is 0 Å². The number of amides is 1. The van der Waals surface area contributed by atoms with Gasteiger partial charge in [-0.1, -0.05) is 18.2 Å². The number of ether oxygens (including phenoxy) is 1. The number of carbonyl (C=O) groups excluding carboxylic acids is 2. The second-order valence-corrected chi connectivity index (χ2v) is 6.26. The van der Waals surface area contributed by atoms with Crippen LogP contribution >= 0.6 is 0 Å². The van der Waals surface area contributed by atoms with Crippen molar-refractivity contribution in [2.75, 3.05) is 12.4 Å². The average Bonchev–Trinajstić information content (AvgIpc) is 2.70. The molecule has 1 heterocycles. The minimum atomic E-state index is -0.504. The van der Waals surface area contributed by atoms with E-state index in [-0.39, 0.29) is 24.4 Å². The summed E-state index contributed by atoms with van der Waals surface area (Å²) in [6.45, 7) is 1.81. The summed E-state index contributed by atoms with van der Waals surface area (Å²) >= 11 is 0. The SMILES string of the molecule is COC(=O)c1ccc(C)c(NC(=O)CCn2[nH]c(=O)c3ccccc3c2=O)c1. The number of aryl methyl sites for hydroxylation is 2. The molecule has 1 aromatic heterocycles. The summed E-state index contributed by atoms with van der Waals surface area (Å²) < 4.78 is 5.80. The summed E-state index contributed by atoms with van der Waals surface area (Å²) in [6, 6.07) is 11.3. The second-order valence-electron chi connectivity index (χ2n) is 6.26. The molecule has 28 heavy (non-hydrogen) atoms. The van der Waals surface area contributed by atoms with E-state index in [1.54, 1.807) is 43.3 Å². The molecule has 0 unspecified atom stereocenters. The first-order valence-electron chi connectivity index (χ1n) is 8.61. The zero-order valence-electron chi connectivity index (χ0n) is 15.4. The summed E-state index contributed by atoms with van der Waals surface area (Å²) in [6.07, 6.45) is -0.0317. The molecule has 3 aromatic rings. The summed E-state index contributed by atoms with van der Waals surface area (Å²) in [5, 5.41) is 5.81. The molecule has 0 fully saturated rings. The van der Waals surface area contributed by atoms with Gasteiger partial charge in [0.25, 0.3) is 11.1 Å². The van der Waals surface area contributed by atoms with Crippen molar-refractivity contribution in [1.29, 1.82) is 0 Å². The Morgan fingerprint density at radius 1 is 1.11 bits per heavy atom. The minimum Gasteiger partial charge on any atom is -0.465 e. The average molecular weight is 381 g/mol. The molecule has 8 nitrogen and oxygen atoms in total. The zero-order chi connectivity index (χ0) is 20.3. The van der Waals surface area contributed by atoms with E-state index in [0.29, 0.717) is 22.0 Å². The fourth-order valence-corrected chi connectivity index (χ4v) is 2.83. The van der Waals surface area contributed by atoms with Crippen molar-refractivity contribution in [1.82, 2.24) is 9.78 Å². The Balaban J connectivity index is 1.76. The predicted octanol–water partition coefficient (Wildman–Crippen LogP) is 1.81. The molecular formula is C20H19N3O5. The number of H-pyrrole nitrogens is 1. The van der Waals surface area contributed by atoms with Crippen LogP contribution in [0.5, 0.6) is 0 Å². The first-order valence-corrected chi connectivity index (χ1v) is 8.61. The minimum absolute atomic E-state index is 0.0144. The number of carbonyl (C=O) groups is 2. The maximum atomic E-state index is 12.5. The van der Waals surface area contributed by atoms with Crippen LogP contribution in [0.15, 0.2) is 52.1 Å². The highest BCUT2D eigenvalue weighted by atomic mass is 16.5. The van der Waals surface area contributed by atoms with Gasteiger partial charge in [-0.2, -0.15) is 0 Å². The van der Waals surface area contributed by atoms with Gasteiger partial charge in [0.1, 0.15) is 0 Å². The highest BCUT2D eigenvalue weighted by Crippen LogP contribution is 2.18. The summed E-state index contributed by atoms with van der Waals surface area (Å²) in [7, 11) is 1.28. The van der Waals surface area contributed by atoms with Crippen LogP contribution in [0.1, 0.15) is 22.3 Å². The third kappa shape index (κ3) is 3.85. The van der Waals surface area contributed by atoms with E-state index in [4.69, 9.17) is 0 Å². The number of fused-ring (bicyclic) bond motifs is 1. The van der Waals surface area contributed by atoms with E-state index in [2.05, 4.69) is 15.2 Å². The molecule has 0 aliphatic rings. The van der Waals surface area contributed by atoms with Crippen LogP contribution in [-0.4, -0.2) is 28.8 Å². The normalized spacial score (nSPS) is 10.6. The Kier molecular flexibility index (Phi) is 5.39. The van der Waals surface area contributed by atoms with E-state index in [9.17, 15) is 19.2 Å². The number of nitrogens with one attached hydrogen (secondary N) is 2. The first-order chi connectivity index (χ1) is 13.4. The molecule has 0 spiro atoms. The van der Waals surface area contributed by atoms with Crippen LogP contribution in [0, 0.1) is 6.92 Å². The van der Waals surface area contributed by atoms with Crippen molar-refractivity contribution >= 4 is 28.3 Å². The van der Waals surface area contributed by atoms with Crippen LogP contribution in [-0.2, 0) is 16.1 Å². The van der Waals surface area contributed by atoms with Gasteiger partial charge < -0.3 is 10.1 Å². The van der Waals surface area contributed by atoms with E-state index in [1.165, 1.54) is 13.2 Å². The molecule has 1 amide bonds. The molecule has 0 saturated heterocycles. The van der Waals surface area contributed by atoms with Crippen molar-refractivity contribution in [2.24, 2.45) is 0 Å². The lowest BCUT2D eigenvalue weighted by Crippen LogP contribution is -2.31. The number of hydrogen-bond acceptors (Lipinski definition) is 5. The molecule has 0 saturated carbocycles. The van der Waals surface area contributed by atoms with Crippen LogP contribution in [0.25, 0.3) is 10.8 Å². The summed E-state index contributed by atoms with van der Waals surface area (Å²) in [4.78, 5) is 48.5. The Morgan fingerprint density at radius 3 is 2.54 bits per heavy atom. The fraction of sp³-hybridized carbons (Fsp3) is 0.200. The van der Waals surface area contributed by atoms with Crippen LogP contribution in [0.3, 0.4) is 0 Å². The molecular weight excluding hydrogens is 362 g/mol. The lowest BCUT2D eigenvalue weighted by atomic mass is 10.1. The Hall–Kier alpha value is -3.68. The highest BCUT2D eigenvalue weighted by molar-refractivity contribution is 5.95. The number of benzene rings is 2. The third-order valence-electron chi connectivity index (χ3n) is 4.38. The van der Waals surface area contributed by atoms with E-state index in [0.717, 1.165) is 10.2 Å². The number of nitrogens with zero attached hydrogens (tertiary/aromatic N) is 1. The van der Waals surface area contributed by atoms with Gasteiger partial charge in [-0.05, 0) is 36.8 Å². The second kappa shape index (κ2) is 7.91. The Bertz CT molecular complexity index is 1180. The molecule has 0 atom stereocenters. The molecule has 2 N–H and O–H groups in total. The molecule has 8 heteroatoms. The van der Waals surface area contributed by atoms with Gasteiger partial charge in [0.15, 0.2) is 0 Å². The smallest absolute Gasteiger partial charge is 0.337 e. The number of aromatic amines is 1. The van der Waals surface area contributed by atoms with Crippen molar-refractivity contribution < 1.29 is 14.3 Å². The maximum Gasteiger partial charge on any atom is 0.337 e. The molecule has 2 aromatic carbocycles. The van der Waals surface area contributed by atoms with Gasteiger partial charge in [-0.25, -0.2) is 9.48 Å². The maximum absolute atomic E-state index is 12.5. The first kappa shape index (κ1) is 19.1. The quantitative estimate of drug-likeness (QED) is 0.655. The summed E-state index contributed by atoms with van der Waals surface area (Å²) in [5.41, 5.74) is 0.812. The lowest BCUT2D eigenvalue weighted by molar-refractivity contribution is -0.116. The molecule has 0 bridgehead atoms. The van der Waals surface area contributed by atoms with Crippen LogP contribution in [0.4, 0.5) is 5.69 Å². The standard InChI is InChI=1S/C20H19N3O5/c1-12-7-8-13(20(27)28-2)11-16(12)21-17(24)9-10-23-19(26)15-6-4-3-5-14(15)18(25)22-23/h3-8,11H,9-10H2,1-2H3,(H,21,24)(H,22,25). The zero-order valence-corrected chi connectivity index (χ0v) is 15.4. The van der Waals surface area contributed by atoms with Gasteiger partial charge in [-0.15, -0.1) is 0 Å². The van der Waals surface area contributed by atoms with Gasteiger partial charge in [0.05, 0.1) is 30.0 Å². The van der Waals surface area contributed by atoms with Gasteiger partial charge in [-0.3, -0.25) is 19.5 Å². The van der Waals surface area contributed by atoms with E-state index in [1.807, 2.05) is 0 Å². The van der Waals surface area contributed by atoms with Gasteiger partial charge in [0, 0.05) is 12.1 Å². The van der Waals surface area contributed by atoms with Crippen LogP contribution < -0.4 is 16.4 Å². The van der Waals surface area contributed by atoms with Crippen molar-refractivity contribution in [3.63, 3.8) is 0 Å². The lowest BCUT2D eigenvalue weighted by Gasteiger charge is -2.11. The van der Waals surface area contributed by atoms with Crippen molar-refractivity contribution in [2.45, 2.75) is 19.9 Å². The number of anilines is 1.